The average molecular weight is 1190 g/mol. The highest BCUT2D eigenvalue weighted by Crippen LogP contribution is 2.37. The smallest absolute Gasteiger partial charge is 0.410 e. The van der Waals surface area contributed by atoms with Gasteiger partial charge in [0.1, 0.15) is 5.75 Å². The molecular formula is C48H51Br2N9O9S4. The monoisotopic (exact) mass is 1180 g/mol. The van der Waals surface area contributed by atoms with E-state index in [9.17, 15) is 36.5 Å². The van der Waals surface area contributed by atoms with Crippen molar-refractivity contribution in [1.82, 2.24) is 24.7 Å². The zero-order valence-electron chi connectivity index (χ0n) is 39.6. The van der Waals surface area contributed by atoms with E-state index in [1.807, 2.05) is 60.7 Å². The number of hydrogen-bond donors (Lipinski definition) is 6. The van der Waals surface area contributed by atoms with Crippen LogP contribution < -0.4 is 35.9 Å². The van der Waals surface area contributed by atoms with E-state index in [0.717, 1.165) is 5.56 Å². The van der Waals surface area contributed by atoms with Crippen LogP contribution in [0.25, 0.3) is 20.9 Å². The fourth-order valence-corrected chi connectivity index (χ4v) is 12.2. The minimum atomic E-state index is -3.96. The lowest BCUT2D eigenvalue weighted by Gasteiger charge is -2.22. The van der Waals surface area contributed by atoms with Crippen molar-refractivity contribution in [3.63, 3.8) is 0 Å². The molecule has 0 bridgehead atoms. The minimum Gasteiger partial charge on any atom is -0.410 e. The molecule has 72 heavy (non-hydrogen) atoms. The number of aromatic nitrogens is 2. The molecule has 0 aliphatic rings. The fourth-order valence-electron chi connectivity index (χ4n) is 6.18. The summed E-state index contributed by atoms with van der Waals surface area (Å²) in [6.07, 6.45) is 2.28. The van der Waals surface area contributed by atoms with Crippen molar-refractivity contribution in [2.75, 3.05) is 10.6 Å². The van der Waals surface area contributed by atoms with Crippen LogP contribution in [0.1, 0.15) is 52.7 Å². The predicted octanol–water partition coefficient (Wildman–Crippen LogP) is 11.3. The number of nitrogens with one attached hydrogen (secondary N) is 5. The number of anilines is 2. The summed E-state index contributed by atoms with van der Waals surface area (Å²) in [5, 5.41) is 18.7. The Hall–Kier alpha value is -5.96. The van der Waals surface area contributed by atoms with Crippen LogP contribution in [-0.2, 0) is 33.1 Å². The number of ether oxygens (including phenoxy) is 1. The normalized spacial score (nSPS) is 11.5. The number of nitro groups is 1. The van der Waals surface area contributed by atoms with E-state index in [2.05, 4.69) is 67.2 Å². The molecule has 24 heteroatoms. The lowest BCUT2D eigenvalue weighted by Crippen LogP contribution is -2.40. The van der Waals surface area contributed by atoms with Gasteiger partial charge in [-0.25, -0.2) is 45.8 Å². The summed E-state index contributed by atoms with van der Waals surface area (Å²) in [5.74, 6) is 0.0893. The van der Waals surface area contributed by atoms with Crippen molar-refractivity contribution in [1.29, 1.82) is 0 Å². The summed E-state index contributed by atoms with van der Waals surface area (Å²) >= 11 is 9.19. The van der Waals surface area contributed by atoms with Crippen molar-refractivity contribution in [3.05, 3.63) is 163 Å². The third kappa shape index (κ3) is 18.0. The third-order valence-corrected chi connectivity index (χ3v) is 15.7. The summed E-state index contributed by atoms with van der Waals surface area (Å²) in [6.45, 7) is 11.5. The fraction of sp³-hybridized carbons (Fsp3) is 0.208. The lowest BCUT2D eigenvalue weighted by molar-refractivity contribution is -0.384. The summed E-state index contributed by atoms with van der Waals surface area (Å²) in [5.41, 5.74) is 7.44. The van der Waals surface area contributed by atoms with Crippen LogP contribution in [0.3, 0.4) is 0 Å². The molecule has 0 saturated heterocycles. The van der Waals surface area contributed by atoms with Gasteiger partial charge in [0.15, 0.2) is 7.83 Å². The Bertz CT molecular complexity index is 3200. The topological polar surface area (TPSA) is 267 Å². The second kappa shape index (κ2) is 25.1. The molecule has 3 amide bonds. The number of benzene rings is 5. The van der Waals surface area contributed by atoms with Crippen LogP contribution >= 0.6 is 54.5 Å². The number of nitro benzene ring substituents is 1. The molecule has 7 aromatic rings. The first-order valence-electron chi connectivity index (χ1n) is 21.5. The standard InChI is InChI=1S/C21H23BrN4O3S2.C20H19BrN4O6S2.C7H9N/c1-21(2,3)26-31(28,29)18-11-15(9-10-16(18)17-13-23-19(22)30-17)25-20(27)24-12-14-7-5-4-6-8-14;1-20(2,3)24-33(29,30)17-10-12(4-9-15(17)16-11-22-18(21)32-16)23-19(26)31-14-7-5-13(6-8-14)25(27)28;8-6-7-4-2-1-3-5-7/h4-11,13,26H,12H2,1-3H3,(H2,24,25,27);4-11,24H,1-3H3,(H,23,26);1-5H,6,8H2. The molecule has 380 valence electrons. The van der Waals surface area contributed by atoms with Gasteiger partial charge in [-0.05, 0) is 121 Å². The van der Waals surface area contributed by atoms with Gasteiger partial charge in [-0.15, -0.1) is 22.7 Å². The van der Waals surface area contributed by atoms with Gasteiger partial charge in [0.05, 0.1) is 24.5 Å². The van der Waals surface area contributed by atoms with Gasteiger partial charge < -0.3 is 21.1 Å². The number of sulfonamides is 2. The molecule has 0 spiro atoms. The number of carbonyl (C=O) groups is 2. The molecule has 0 aliphatic carbocycles. The number of thiazole rings is 2. The molecule has 2 heterocycles. The second-order valence-corrected chi connectivity index (χ2v) is 25.3. The summed E-state index contributed by atoms with van der Waals surface area (Å²) in [6, 6.07) is 33.3. The summed E-state index contributed by atoms with van der Waals surface area (Å²) in [4.78, 5) is 44.4. The van der Waals surface area contributed by atoms with Crippen LogP contribution in [0.4, 0.5) is 26.7 Å². The largest absolute Gasteiger partial charge is 0.417 e. The van der Waals surface area contributed by atoms with Gasteiger partial charge in [-0.2, -0.15) is 0 Å². The van der Waals surface area contributed by atoms with Gasteiger partial charge >= 0.3 is 12.1 Å². The Morgan fingerprint density at radius 2 is 1.11 bits per heavy atom. The van der Waals surface area contributed by atoms with E-state index in [1.165, 1.54) is 70.7 Å². The van der Waals surface area contributed by atoms with Crippen molar-refractivity contribution in [3.8, 4) is 26.6 Å². The van der Waals surface area contributed by atoms with Crippen molar-refractivity contribution in [2.24, 2.45) is 5.73 Å². The molecule has 0 atom stereocenters. The number of hydrogen-bond acceptors (Lipinski definition) is 14. The van der Waals surface area contributed by atoms with Crippen LogP contribution in [0.5, 0.6) is 5.75 Å². The zero-order chi connectivity index (χ0) is 52.9. The lowest BCUT2D eigenvalue weighted by atomic mass is 10.1. The van der Waals surface area contributed by atoms with Gasteiger partial charge in [-0.3, -0.25) is 15.4 Å². The van der Waals surface area contributed by atoms with Crippen molar-refractivity contribution < 1.29 is 36.1 Å². The highest BCUT2D eigenvalue weighted by molar-refractivity contribution is 9.11. The highest BCUT2D eigenvalue weighted by Gasteiger charge is 2.28. The third-order valence-electron chi connectivity index (χ3n) is 9.05. The number of nitrogens with two attached hydrogens (primary N) is 1. The predicted molar refractivity (Wildman–Crippen MR) is 290 cm³/mol. The maximum absolute atomic E-state index is 13.1. The van der Waals surface area contributed by atoms with Crippen LogP contribution in [0, 0.1) is 10.1 Å². The average Bonchev–Trinajstić information content (AvgIpc) is 3.95. The van der Waals surface area contributed by atoms with Crippen LogP contribution in [-0.4, -0.2) is 54.9 Å². The van der Waals surface area contributed by atoms with Gasteiger partial charge in [-0.1, -0.05) is 72.8 Å². The highest BCUT2D eigenvalue weighted by atomic mass is 79.9. The van der Waals surface area contributed by atoms with Gasteiger partial charge in [0.25, 0.3) is 5.69 Å². The van der Waals surface area contributed by atoms with Gasteiger partial charge in [0.2, 0.25) is 20.0 Å². The number of halogens is 2. The Morgan fingerprint density at radius 1 is 0.667 bits per heavy atom. The van der Waals surface area contributed by atoms with E-state index in [4.69, 9.17) is 10.5 Å². The quantitative estimate of drug-likeness (QED) is 0.0465. The second-order valence-electron chi connectivity index (χ2n) is 17.3. The minimum absolute atomic E-state index is 0.0401. The molecule has 2 aromatic heterocycles. The molecule has 7 N–H and O–H groups in total. The van der Waals surface area contributed by atoms with Gasteiger partial charge in [0, 0.05) is 71.2 Å². The number of urea groups is 1. The maximum atomic E-state index is 13.1. The van der Waals surface area contributed by atoms with E-state index >= 15 is 0 Å². The number of non-ortho nitro benzene ring substituents is 1. The molecule has 0 aliphatic heterocycles. The number of nitrogens with zero attached hydrogens (tertiary/aromatic N) is 3. The first-order valence-corrected chi connectivity index (χ1v) is 27.6. The molecule has 18 nitrogen and oxygen atoms in total. The van der Waals surface area contributed by atoms with E-state index in [1.54, 1.807) is 72.1 Å². The Balaban J connectivity index is 0.000000231. The zero-order valence-corrected chi connectivity index (χ0v) is 46.0. The van der Waals surface area contributed by atoms with Crippen molar-refractivity contribution in [2.45, 2.75) is 75.5 Å². The van der Waals surface area contributed by atoms with E-state index in [0.29, 0.717) is 47.5 Å². The summed E-state index contributed by atoms with van der Waals surface area (Å²) in [7, 11) is -7.82. The molecule has 0 fully saturated rings. The molecule has 0 radical (unpaired) electrons. The molecular weight excluding hydrogens is 1130 g/mol. The van der Waals surface area contributed by atoms with Crippen molar-refractivity contribution >= 4 is 104 Å². The first-order chi connectivity index (χ1) is 33.8. The first kappa shape index (κ1) is 56.9. The van der Waals surface area contributed by atoms with E-state index in [-0.39, 0.29) is 26.9 Å². The Morgan fingerprint density at radius 3 is 1.50 bits per heavy atom. The maximum Gasteiger partial charge on any atom is 0.417 e. The SMILES string of the molecule is CC(C)(C)NS(=O)(=O)c1cc(NC(=O)NCc2ccccc2)ccc1-c1cnc(Br)s1.CC(C)(C)NS(=O)(=O)c1cc(NC(=O)Oc2ccc([N+](=O)[O-])cc2)ccc1-c1cnc(Br)s1.NCc1ccccc1. The summed E-state index contributed by atoms with van der Waals surface area (Å²) < 4.78 is 64.2. The van der Waals surface area contributed by atoms with Crippen LogP contribution in [0.2, 0.25) is 0 Å². The Kier molecular flexibility index (Phi) is 19.9. The number of amides is 3. The van der Waals surface area contributed by atoms with E-state index < -0.39 is 48.2 Å². The van der Waals surface area contributed by atoms with Crippen LogP contribution in [0.15, 0.2) is 151 Å². The molecule has 0 saturated carbocycles. The molecule has 7 rings (SSSR count). The number of rotatable bonds is 13. The molecule has 0 unspecified atom stereocenters. The Labute approximate surface area is 442 Å². The number of carbonyl (C=O) groups excluding carboxylic acids is 2. The molecule has 5 aromatic carbocycles.